The Labute approximate surface area is 104 Å². The van der Waals surface area contributed by atoms with E-state index in [9.17, 15) is 0 Å². The van der Waals surface area contributed by atoms with Gasteiger partial charge >= 0.3 is 0 Å². The molecule has 2 aromatic rings. The lowest BCUT2D eigenvalue weighted by molar-refractivity contribution is 1.30. The first-order chi connectivity index (χ1) is 8.20. The zero-order valence-corrected chi connectivity index (χ0v) is 9.57. The summed E-state index contributed by atoms with van der Waals surface area (Å²) in [6, 6.07) is 10.7. The van der Waals surface area contributed by atoms with Crippen molar-refractivity contribution in [2.24, 2.45) is 0 Å². The van der Waals surface area contributed by atoms with Gasteiger partial charge in [0.25, 0.3) is 0 Å². The molecule has 4 nitrogen and oxygen atoms in total. The predicted molar refractivity (Wildman–Crippen MR) is 68.1 cm³/mol. The molecule has 0 aliphatic carbocycles. The summed E-state index contributed by atoms with van der Waals surface area (Å²) in [5.41, 5.74) is 7.34. The molecule has 0 radical (unpaired) electrons. The Morgan fingerprint density at radius 1 is 1.24 bits per heavy atom. The number of nitriles is 1. The van der Waals surface area contributed by atoms with Crippen molar-refractivity contribution in [3.05, 3.63) is 47.1 Å². The third-order valence-electron chi connectivity index (χ3n) is 2.22. The summed E-state index contributed by atoms with van der Waals surface area (Å²) in [6.45, 7) is 0. The third kappa shape index (κ3) is 2.47. The lowest BCUT2D eigenvalue weighted by Crippen LogP contribution is -2.01. The second kappa shape index (κ2) is 4.73. The molecule has 1 aromatic heterocycles. The summed E-state index contributed by atoms with van der Waals surface area (Å²) in [7, 11) is 0. The van der Waals surface area contributed by atoms with Gasteiger partial charge in [-0.25, -0.2) is 4.98 Å². The second-order valence-electron chi connectivity index (χ2n) is 3.36. The molecule has 0 aliphatic heterocycles. The Hall–Kier alpha value is -2.25. The van der Waals surface area contributed by atoms with Gasteiger partial charge in [-0.05, 0) is 30.3 Å². The van der Waals surface area contributed by atoms with E-state index in [1.54, 1.807) is 18.2 Å². The highest BCUT2D eigenvalue weighted by Crippen LogP contribution is 2.24. The third-order valence-corrected chi connectivity index (χ3v) is 2.47. The molecule has 0 spiro atoms. The number of nitrogens with two attached hydrogens (primary N) is 1. The summed E-state index contributed by atoms with van der Waals surface area (Å²) >= 11 is 5.78. The van der Waals surface area contributed by atoms with E-state index in [0.717, 1.165) is 5.69 Å². The monoisotopic (exact) mass is 244 g/mol. The molecule has 0 saturated heterocycles. The second-order valence-corrected chi connectivity index (χ2v) is 3.80. The number of aromatic nitrogens is 1. The van der Waals surface area contributed by atoms with Gasteiger partial charge in [-0.2, -0.15) is 5.26 Å². The van der Waals surface area contributed by atoms with Crippen molar-refractivity contribution >= 4 is 28.8 Å². The fraction of sp³-hybridized carbons (Fsp3) is 0. The summed E-state index contributed by atoms with van der Waals surface area (Å²) in [5.74, 6) is 0.464. The Balaban J connectivity index is 2.31. The van der Waals surface area contributed by atoms with Crippen LogP contribution in [0.1, 0.15) is 5.56 Å². The van der Waals surface area contributed by atoms with Gasteiger partial charge in [0.15, 0.2) is 5.82 Å². The molecule has 1 aromatic carbocycles. The van der Waals surface area contributed by atoms with E-state index in [2.05, 4.69) is 10.3 Å². The van der Waals surface area contributed by atoms with Gasteiger partial charge in [-0.1, -0.05) is 11.6 Å². The fourth-order valence-electron chi connectivity index (χ4n) is 1.34. The van der Waals surface area contributed by atoms with Crippen molar-refractivity contribution in [3.63, 3.8) is 0 Å². The van der Waals surface area contributed by atoms with Crippen LogP contribution in [-0.4, -0.2) is 4.98 Å². The topological polar surface area (TPSA) is 74.7 Å². The highest BCUT2D eigenvalue weighted by atomic mass is 35.5. The molecule has 0 fully saturated rings. The van der Waals surface area contributed by atoms with E-state index in [4.69, 9.17) is 22.6 Å². The van der Waals surface area contributed by atoms with Crippen LogP contribution in [0.5, 0.6) is 0 Å². The quantitative estimate of drug-likeness (QED) is 0.852. The van der Waals surface area contributed by atoms with Crippen molar-refractivity contribution in [3.8, 4) is 6.07 Å². The van der Waals surface area contributed by atoms with Crippen molar-refractivity contribution in [2.75, 3.05) is 11.1 Å². The summed E-state index contributed by atoms with van der Waals surface area (Å²) in [4.78, 5) is 4.08. The number of anilines is 3. The minimum Gasteiger partial charge on any atom is -0.395 e. The number of hydrogen-bond donors (Lipinski definition) is 2. The number of benzene rings is 1. The molecule has 0 unspecified atom stereocenters. The summed E-state index contributed by atoms with van der Waals surface area (Å²) in [6.07, 6.45) is 1.53. The van der Waals surface area contributed by atoms with Crippen LogP contribution < -0.4 is 11.1 Å². The molecule has 3 N–H and O–H groups in total. The van der Waals surface area contributed by atoms with E-state index in [1.165, 1.54) is 6.20 Å². The number of nitrogen functional groups attached to an aromatic ring is 1. The largest absolute Gasteiger partial charge is 0.395 e. The number of halogens is 1. The number of hydrogen-bond acceptors (Lipinski definition) is 4. The SMILES string of the molecule is N#Cc1ccnc(Nc2ccc(Cl)cc2)c1N. The number of nitrogens with one attached hydrogen (secondary N) is 1. The van der Waals surface area contributed by atoms with E-state index >= 15 is 0 Å². The van der Waals surface area contributed by atoms with Crippen LogP contribution in [0.2, 0.25) is 5.02 Å². The summed E-state index contributed by atoms with van der Waals surface area (Å²) in [5, 5.41) is 12.5. The molecule has 0 bridgehead atoms. The average molecular weight is 245 g/mol. The molecule has 84 valence electrons. The zero-order valence-electron chi connectivity index (χ0n) is 8.81. The molecule has 2 rings (SSSR count). The molecule has 0 aliphatic rings. The van der Waals surface area contributed by atoms with Crippen LogP contribution >= 0.6 is 11.6 Å². The standard InChI is InChI=1S/C12H9ClN4/c13-9-1-3-10(4-2-9)17-12-11(15)8(7-14)5-6-16-12/h1-6H,15H2,(H,16,17). The van der Waals surface area contributed by atoms with Gasteiger partial charge in [0.2, 0.25) is 0 Å². The fourth-order valence-corrected chi connectivity index (χ4v) is 1.47. The average Bonchev–Trinajstić information content (AvgIpc) is 2.35. The maximum atomic E-state index is 8.84. The Kier molecular flexibility index (Phi) is 3.12. The normalized spacial score (nSPS) is 9.65. The molecule has 1 heterocycles. The lowest BCUT2D eigenvalue weighted by atomic mass is 10.2. The number of pyridine rings is 1. The minimum absolute atomic E-state index is 0.338. The number of rotatable bonds is 2. The minimum atomic E-state index is 0.338. The molecule has 0 atom stereocenters. The van der Waals surface area contributed by atoms with Crippen molar-refractivity contribution in [1.29, 1.82) is 5.26 Å². The van der Waals surface area contributed by atoms with Gasteiger partial charge < -0.3 is 11.1 Å². The van der Waals surface area contributed by atoms with Gasteiger partial charge in [-0.15, -0.1) is 0 Å². The van der Waals surface area contributed by atoms with Gasteiger partial charge in [0.05, 0.1) is 11.3 Å². The molecule has 0 amide bonds. The highest BCUT2D eigenvalue weighted by Gasteiger charge is 2.05. The molecule has 17 heavy (non-hydrogen) atoms. The first-order valence-corrected chi connectivity index (χ1v) is 5.25. The molecular formula is C12H9ClN4. The molecule has 5 heteroatoms. The van der Waals surface area contributed by atoms with E-state index in [-0.39, 0.29) is 0 Å². The smallest absolute Gasteiger partial charge is 0.154 e. The summed E-state index contributed by atoms with van der Waals surface area (Å²) < 4.78 is 0. The Bertz CT molecular complexity index is 572. The van der Waals surface area contributed by atoms with Crippen molar-refractivity contribution in [2.45, 2.75) is 0 Å². The van der Waals surface area contributed by atoms with Crippen LogP contribution in [0.4, 0.5) is 17.2 Å². The van der Waals surface area contributed by atoms with Gasteiger partial charge in [0, 0.05) is 16.9 Å². The maximum absolute atomic E-state index is 8.84. The van der Waals surface area contributed by atoms with Crippen molar-refractivity contribution < 1.29 is 0 Å². The van der Waals surface area contributed by atoms with E-state index in [0.29, 0.717) is 22.1 Å². The molecule has 0 saturated carbocycles. The van der Waals surface area contributed by atoms with E-state index < -0.39 is 0 Å². The van der Waals surface area contributed by atoms with Crippen LogP contribution in [0.25, 0.3) is 0 Å². The highest BCUT2D eigenvalue weighted by molar-refractivity contribution is 6.30. The van der Waals surface area contributed by atoms with E-state index in [1.807, 2.05) is 18.2 Å². The van der Waals surface area contributed by atoms with Crippen LogP contribution in [-0.2, 0) is 0 Å². The van der Waals surface area contributed by atoms with Crippen LogP contribution in [0.3, 0.4) is 0 Å². The predicted octanol–water partition coefficient (Wildman–Crippen LogP) is 2.93. The number of nitrogens with zero attached hydrogens (tertiary/aromatic N) is 2. The lowest BCUT2D eigenvalue weighted by Gasteiger charge is -2.08. The Morgan fingerprint density at radius 3 is 2.59 bits per heavy atom. The first kappa shape index (κ1) is 11.2. The van der Waals surface area contributed by atoms with Crippen molar-refractivity contribution in [1.82, 2.24) is 4.98 Å². The Morgan fingerprint density at radius 2 is 1.94 bits per heavy atom. The zero-order chi connectivity index (χ0) is 12.3. The van der Waals surface area contributed by atoms with Gasteiger partial charge in [0.1, 0.15) is 6.07 Å². The van der Waals surface area contributed by atoms with Crippen LogP contribution in [0, 0.1) is 11.3 Å². The van der Waals surface area contributed by atoms with Crippen LogP contribution in [0.15, 0.2) is 36.5 Å². The van der Waals surface area contributed by atoms with Gasteiger partial charge in [-0.3, -0.25) is 0 Å². The first-order valence-electron chi connectivity index (χ1n) is 4.88. The molecular weight excluding hydrogens is 236 g/mol. The maximum Gasteiger partial charge on any atom is 0.154 e.